The van der Waals surface area contributed by atoms with Gasteiger partial charge in [-0.15, -0.1) is 25.3 Å². The molecule has 0 radical (unpaired) electrons. The van der Waals surface area contributed by atoms with E-state index in [2.05, 4.69) is 75.8 Å². The summed E-state index contributed by atoms with van der Waals surface area (Å²) in [6.45, 7) is 9.76. The molecule has 0 rings (SSSR count). The van der Waals surface area contributed by atoms with Gasteiger partial charge in [-0.05, 0) is 19.3 Å². The van der Waals surface area contributed by atoms with Gasteiger partial charge in [-0.2, -0.15) is 50.5 Å². The lowest BCUT2D eigenvalue weighted by molar-refractivity contribution is -0.155. The number of hydrogen-bond acceptors (Lipinski definition) is 9. The van der Waals surface area contributed by atoms with Gasteiger partial charge in [0.15, 0.2) is 0 Å². The molecule has 0 aliphatic rings. The molecule has 136 valence electrons. The Kier molecular flexibility index (Phi) is 9.69. The number of ether oxygens (including phenoxy) is 1. The van der Waals surface area contributed by atoms with Crippen molar-refractivity contribution in [2.75, 3.05) is 5.94 Å². The molecular formula is C14H26O2S7. The Hall–Kier alpha value is 1.66. The third kappa shape index (κ3) is 6.10. The van der Waals surface area contributed by atoms with Crippen LogP contribution in [0, 0.1) is 10.8 Å². The SMILES string of the molecule is C/C=C\C(C)(C(=O)OCSC(S)(S)C(S)(S)C(S)S)C(C)(C)C. The Morgan fingerprint density at radius 3 is 1.96 bits per heavy atom. The van der Waals surface area contributed by atoms with Crippen LogP contribution in [0.5, 0.6) is 0 Å². The smallest absolute Gasteiger partial charge is 0.317 e. The predicted octanol–water partition coefficient (Wildman–Crippen LogP) is 5.10. The lowest BCUT2D eigenvalue weighted by atomic mass is 9.68. The van der Waals surface area contributed by atoms with E-state index < -0.39 is 17.5 Å². The molecule has 0 amide bonds. The normalized spacial score (nSPS) is 16.7. The first-order valence-corrected chi connectivity index (χ1v) is 10.6. The van der Waals surface area contributed by atoms with E-state index in [1.807, 2.05) is 46.8 Å². The van der Waals surface area contributed by atoms with Crippen molar-refractivity contribution in [2.45, 2.75) is 46.7 Å². The number of thiol groups is 6. The molecule has 1 atom stereocenters. The molecular weight excluding hydrogens is 425 g/mol. The molecule has 0 aliphatic carbocycles. The van der Waals surface area contributed by atoms with Crippen molar-refractivity contribution in [3.05, 3.63) is 12.2 Å². The highest BCUT2D eigenvalue weighted by molar-refractivity contribution is 8.27. The van der Waals surface area contributed by atoms with Crippen LogP contribution in [0.2, 0.25) is 0 Å². The van der Waals surface area contributed by atoms with Crippen LogP contribution >= 0.6 is 87.5 Å². The molecule has 23 heavy (non-hydrogen) atoms. The van der Waals surface area contributed by atoms with Crippen LogP contribution < -0.4 is 0 Å². The summed E-state index contributed by atoms with van der Waals surface area (Å²) in [7, 11) is 0. The Bertz CT molecular complexity index is 441. The molecule has 0 aromatic heterocycles. The monoisotopic (exact) mass is 450 g/mol. The van der Waals surface area contributed by atoms with E-state index >= 15 is 0 Å². The molecule has 0 spiro atoms. The van der Waals surface area contributed by atoms with Crippen molar-refractivity contribution in [1.29, 1.82) is 0 Å². The number of esters is 1. The molecule has 0 heterocycles. The zero-order valence-electron chi connectivity index (χ0n) is 13.8. The first kappa shape index (κ1) is 24.7. The highest BCUT2D eigenvalue weighted by Gasteiger charge is 2.47. The Morgan fingerprint density at radius 1 is 1.13 bits per heavy atom. The summed E-state index contributed by atoms with van der Waals surface area (Å²) in [5, 5.41) is 0. The van der Waals surface area contributed by atoms with Gasteiger partial charge in [0, 0.05) is 0 Å². The summed E-state index contributed by atoms with van der Waals surface area (Å²) >= 11 is 27.4. The number of rotatable bonds is 7. The summed E-state index contributed by atoms with van der Waals surface area (Å²) in [5.41, 5.74) is -1.01. The fourth-order valence-corrected chi connectivity index (χ4v) is 4.14. The van der Waals surface area contributed by atoms with Gasteiger partial charge in [0.2, 0.25) is 0 Å². The number of allylic oxidation sites excluding steroid dienone is 1. The van der Waals surface area contributed by atoms with Crippen LogP contribution in [0.1, 0.15) is 34.6 Å². The van der Waals surface area contributed by atoms with Crippen LogP contribution in [-0.2, 0) is 9.53 Å². The quantitative estimate of drug-likeness (QED) is 0.141. The Balaban J connectivity index is 4.97. The van der Waals surface area contributed by atoms with E-state index in [0.717, 1.165) is 0 Å². The van der Waals surface area contributed by atoms with Gasteiger partial charge in [-0.1, -0.05) is 44.7 Å². The van der Waals surface area contributed by atoms with Crippen molar-refractivity contribution in [3.63, 3.8) is 0 Å². The lowest BCUT2D eigenvalue weighted by Gasteiger charge is -2.40. The fourth-order valence-electron chi connectivity index (χ4n) is 1.55. The standard InChI is InChI=1S/C14H26O2S7/c1-6-7-12(5,11(2,3)4)9(15)16-8-23-14(21,22)13(19,20)10(17)18/h6-7,10,17-22H,8H2,1-5H3/b7-6-. The minimum atomic E-state index is -1.01. The van der Waals surface area contributed by atoms with E-state index in [-0.39, 0.29) is 17.3 Å². The largest absolute Gasteiger partial charge is 0.454 e. The van der Waals surface area contributed by atoms with Crippen molar-refractivity contribution in [1.82, 2.24) is 0 Å². The van der Waals surface area contributed by atoms with Crippen molar-refractivity contribution < 1.29 is 9.53 Å². The number of carbonyl (C=O) groups is 1. The number of carbonyl (C=O) groups excluding carboxylic acids is 1. The highest BCUT2D eigenvalue weighted by atomic mass is 32.2. The van der Waals surface area contributed by atoms with Gasteiger partial charge in [0.05, 0.1) is 10.00 Å². The maximum atomic E-state index is 12.6. The molecule has 0 aliphatic heterocycles. The second kappa shape index (κ2) is 9.04. The van der Waals surface area contributed by atoms with Gasteiger partial charge >= 0.3 is 5.97 Å². The first-order chi connectivity index (χ1) is 10.1. The maximum absolute atomic E-state index is 12.6. The number of hydrogen-bond donors (Lipinski definition) is 6. The van der Waals surface area contributed by atoms with Gasteiger partial charge in [0.1, 0.15) is 13.4 Å². The second-order valence-electron chi connectivity index (χ2n) is 6.35. The summed E-state index contributed by atoms with van der Waals surface area (Å²) in [6.07, 6.45) is 3.73. The van der Waals surface area contributed by atoms with Crippen LogP contribution in [0.25, 0.3) is 0 Å². The van der Waals surface area contributed by atoms with Gasteiger partial charge in [-0.3, -0.25) is 4.79 Å². The maximum Gasteiger partial charge on any atom is 0.317 e. The van der Waals surface area contributed by atoms with Crippen LogP contribution in [0.15, 0.2) is 12.2 Å². The van der Waals surface area contributed by atoms with E-state index in [1.54, 1.807) is 0 Å². The predicted molar refractivity (Wildman–Crippen MR) is 124 cm³/mol. The summed E-state index contributed by atoms with van der Waals surface area (Å²) in [6, 6.07) is 0. The van der Waals surface area contributed by atoms with Crippen molar-refractivity contribution in [2.24, 2.45) is 10.8 Å². The topological polar surface area (TPSA) is 26.3 Å². The third-order valence-corrected chi connectivity index (χ3v) is 10.00. The minimum Gasteiger partial charge on any atom is -0.454 e. The summed E-state index contributed by atoms with van der Waals surface area (Å²) in [5.74, 6) is -0.225. The summed E-state index contributed by atoms with van der Waals surface area (Å²) < 4.78 is 2.97. The average Bonchev–Trinajstić information content (AvgIpc) is 2.36. The first-order valence-electron chi connectivity index (χ1n) is 6.84. The lowest BCUT2D eigenvalue weighted by Crippen LogP contribution is -2.42. The van der Waals surface area contributed by atoms with Crippen molar-refractivity contribution >= 4 is 93.5 Å². The molecule has 0 saturated heterocycles. The van der Waals surface area contributed by atoms with Crippen LogP contribution in [0.3, 0.4) is 0 Å². The molecule has 0 N–H and O–H groups in total. The molecule has 2 nitrogen and oxygen atoms in total. The Morgan fingerprint density at radius 2 is 1.61 bits per heavy atom. The van der Waals surface area contributed by atoms with Crippen LogP contribution in [-0.4, -0.2) is 24.0 Å². The van der Waals surface area contributed by atoms with Gasteiger partial charge in [-0.25, -0.2) is 0 Å². The van der Waals surface area contributed by atoms with E-state index in [9.17, 15) is 4.79 Å². The fraction of sp³-hybridized carbons (Fsp3) is 0.786. The molecule has 0 aromatic carbocycles. The minimum absolute atomic E-state index is 0.0756. The average molecular weight is 451 g/mol. The molecule has 9 heteroatoms. The van der Waals surface area contributed by atoms with E-state index in [4.69, 9.17) is 4.74 Å². The molecule has 1 unspecified atom stereocenters. The third-order valence-electron chi connectivity index (χ3n) is 3.77. The highest BCUT2D eigenvalue weighted by Crippen LogP contribution is 2.53. The second-order valence-corrected chi connectivity index (χ2v) is 13.0. The zero-order valence-corrected chi connectivity index (χ0v) is 20.0. The van der Waals surface area contributed by atoms with Gasteiger partial charge in [0.25, 0.3) is 0 Å². The molecule has 0 saturated carbocycles. The zero-order chi connectivity index (χ0) is 18.7. The molecule has 0 fully saturated rings. The van der Waals surface area contributed by atoms with Gasteiger partial charge < -0.3 is 4.74 Å². The van der Waals surface area contributed by atoms with E-state index in [1.165, 1.54) is 11.8 Å². The summed E-state index contributed by atoms with van der Waals surface area (Å²) in [4.78, 5) is 12.6. The molecule has 0 aromatic rings. The Labute approximate surface area is 177 Å². The molecule has 0 bridgehead atoms. The van der Waals surface area contributed by atoms with Crippen molar-refractivity contribution in [3.8, 4) is 0 Å². The number of thioether (sulfide) groups is 1. The van der Waals surface area contributed by atoms with Crippen LogP contribution in [0.4, 0.5) is 0 Å². The van der Waals surface area contributed by atoms with E-state index in [0.29, 0.717) is 0 Å².